The second-order valence-corrected chi connectivity index (χ2v) is 4.31. The van der Waals surface area contributed by atoms with Gasteiger partial charge in [-0.25, -0.2) is 4.79 Å². The molecule has 0 aliphatic carbocycles. The van der Waals surface area contributed by atoms with Crippen LogP contribution >= 0.6 is 0 Å². The monoisotopic (exact) mass is 245 g/mol. The van der Waals surface area contributed by atoms with Crippen molar-refractivity contribution in [2.24, 2.45) is 5.73 Å². The summed E-state index contributed by atoms with van der Waals surface area (Å²) in [6.07, 6.45) is 0.161. The standard InChI is InChI=1S/C10H19N3O4/c1-6(13-9(11)15)8(14)12-5-10(16)3-4-17-7(10)2/h6-7,16H,3-5H2,1-2H3,(H,12,14)(H3,11,13,15). The Labute approximate surface area is 99.7 Å². The summed E-state index contributed by atoms with van der Waals surface area (Å²) in [6.45, 7) is 3.84. The van der Waals surface area contributed by atoms with Gasteiger partial charge in [0.05, 0.1) is 6.10 Å². The number of nitrogens with two attached hydrogens (primary N) is 1. The molecule has 3 amide bonds. The lowest BCUT2D eigenvalue weighted by Gasteiger charge is -2.26. The molecule has 7 nitrogen and oxygen atoms in total. The predicted octanol–water partition coefficient (Wildman–Crippen LogP) is -1.30. The van der Waals surface area contributed by atoms with Crippen LogP contribution in [0.3, 0.4) is 0 Å². The molecule has 1 saturated heterocycles. The van der Waals surface area contributed by atoms with E-state index in [-0.39, 0.29) is 12.6 Å². The molecule has 0 aromatic heterocycles. The third-order valence-electron chi connectivity index (χ3n) is 2.98. The van der Waals surface area contributed by atoms with Crippen LogP contribution in [0, 0.1) is 0 Å². The Morgan fingerprint density at radius 2 is 2.29 bits per heavy atom. The van der Waals surface area contributed by atoms with Crippen LogP contribution in [0.15, 0.2) is 0 Å². The van der Waals surface area contributed by atoms with E-state index in [1.165, 1.54) is 6.92 Å². The van der Waals surface area contributed by atoms with Crippen molar-refractivity contribution in [2.75, 3.05) is 13.2 Å². The molecule has 1 aliphatic heterocycles. The summed E-state index contributed by atoms with van der Waals surface area (Å²) in [7, 11) is 0. The van der Waals surface area contributed by atoms with E-state index in [0.29, 0.717) is 13.0 Å². The lowest BCUT2D eigenvalue weighted by molar-refractivity contribution is -0.124. The lowest BCUT2D eigenvalue weighted by atomic mass is 9.96. The Bertz CT molecular complexity index is 310. The molecule has 1 fully saturated rings. The Morgan fingerprint density at radius 3 is 2.76 bits per heavy atom. The second kappa shape index (κ2) is 5.33. The van der Waals surface area contributed by atoms with Gasteiger partial charge in [0.1, 0.15) is 11.6 Å². The summed E-state index contributed by atoms with van der Waals surface area (Å²) in [6, 6.07) is -1.49. The maximum absolute atomic E-state index is 11.6. The summed E-state index contributed by atoms with van der Waals surface area (Å²) in [5, 5.41) is 14.9. The van der Waals surface area contributed by atoms with E-state index in [4.69, 9.17) is 10.5 Å². The van der Waals surface area contributed by atoms with E-state index in [0.717, 1.165) is 0 Å². The van der Waals surface area contributed by atoms with E-state index in [1.807, 2.05) is 0 Å². The van der Waals surface area contributed by atoms with Crippen molar-refractivity contribution in [1.82, 2.24) is 10.6 Å². The largest absolute Gasteiger partial charge is 0.385 e. The van der Waals surface area contributed by atoms with Crippen molar-refractivity contribution in [3.8, 4) is 0 Å². The van der Waals surface area contributed by atoms with E-state index >= 15 is 0 Å². The molecule has 5 N–H and O–H groups in total. The first-order valence-electron chi connectivity index (χ1n) is 5.53. The average molecular weight is 245 g/mol. The zero-order valence-electron chi connectivity index (χ0n) is 10.0. The minimum absolute atomic E-state index is 0.0950. The van der Waals surface area contributed by atoms with E-state index in [9.17, 15) is 14.7 Å². The summed E-state index contributed by atoms with van der Waals surface area (Å²) in [5.41, 5.74) is 3.86. The highest BCUT2D eigenvalue weighted by Gasteiger charge is 2.39. The molecule has 0 radical (unpaired) electrons. The smallest absolute Gasteiger partial charge is 0.312 e. The molecule has 3 atom stereocenters. The number of carbonyl (C=O) groups excluding carboxylic acids is 2. The maximum atomic E-state index is 11.6. The van der Waals surface area contributed by atoms with Crippen LogP contribution in [-0.4, -0.2) is 47.9 Å². The number of nitrogens with one attached hydrogen (secondary N) is 2. The van der Waals surface area contributed by atoms with Gasteiger partial charge >= 0.3 is 6.03 Å². The van der Waals surface area contributed by atoms with Crippen LogP contribution in [0.1, 0.15) is 20.3 Å². The van der Waals surface area contributed by atoms with Gasteiger partial charge in [-0.05, 0) is 13.8 Å². The first-order valence-corrected chi connectivity index (χ1v) is 5.53. The van der Waals surface area contributed by atoms with Crippen molar-refractivity contribution in [2.45, 2.75) is 38.0 Å². The maximum Gasteiger partial charge on any atom is 0.312 e. The molecule has 0 spiro atoms. The number of amides is 3. The molecule has 17 heavy (non-hydrogen) atoms. The molecule has 7 heteroatoms. The lowest BCUT2D eigenvalue weighted by Crippen LogP contribution is -2.52. The van der Waals surface area contributed by atoms with Crippen molar-refractivity contribution in [3.05, 3.63) is 0 Å². The molecular weight excluding hydrogens is 226 g/mol. The fourth-order valence-electron chi connectivity index (χ4n) is 1.68. The van der Waals surface area contributed by atoms with E-state index in [2.05, 4.69) is 10.6 Å². The Balaban J connectivity index is 2.40. The fraction of sp³-hybridized carbons (Fsp3) is 0.800. The minimum atomic E-state index is -1.04. The number of ether oxygens (including phenoxy) is 1. The number of urea groups is 1. The first kappa shape index (κ1) is 13.7. The van der Waals surface area contributed by atoms with Crippen LogP contribution in [0.2, 0.25) is 0 Å². The number of primary amides is 1. The summed E-state index contributed by atoms with van der Waals surface area (Å²) >= 11 is 0. The van der Waals surface area contributed by atoms with Crippen molar-refractivity contribution in [3.63, 3.8) is 0 Å². The number of rotatable bonds is 4. The molecule has 0 aromatic rings. The van der Waals surface area contributed by atoms with Crippen LogP contribution < -0.4 is 16.4 Å². The number of aliphatic hydroxyl groups is 1. The van der Waals surface area contributed by atoms with E-state index in [1.54, 1.807) is 6.92 Å². The second-order valence-electron chi connectivity index (χ2n) is 4.31. The molecule has 3 unspecified atom stereocenters. The molecular formula is C10H19N3O4. The molecule has 1 aliphatic rings. The van der Waals surface area contributed by atoms with Crippen LogP contribution in [0.4, 0.5) is 4.79 Å². The first-order chi connectivity index (χ1) is 7.85. The summed E-state index contributed by atoms with van der Waals surface area (Å²) < 4.78 is 5.23. The Hall–Kier alpha value is -1.34. The fourth-order valence-corrected chi connectivity index (χ4v) is 1.68. The van der Waals surface area contributed by atoms with Crippen LogP contribution in [0.5, 0.6) is 0 Å². The number of hydrogen-bond acceptors (Lipinski definition) is 4. The Kier molecular flexibility index (Phi) is 4.30. The SMILES string of the molecule is CC(NC(N)=O)C(=O)NCC1(O)CCOC1C. The van der Waals surface area contributed by atoms with Gasteiger partial charge in [-0.15, -0.1) is 0 Å². The third kappa shape index (κ3) is 3.57. The highest BCUT2D eigenvalue weighted by Crippen LogP contribution is 2.24. The Morgan fingerprint density at radius 1 is 1.65 bits per heavy atom. The predicted molar refractivity (Wildman–Crippen MR) is 60.2 cm³/mol. The zero-order chi connectivity index (χ0) is 13.1. The number of hydrogen-bond donors (Lipinski definition) is 4. The van der Waals surface area contributed by atoms with E-state index < -0.39 is 23.6 Å². The van der Waals surface area contributed by atoms with Gasteiger partial charge in [0.15, 0.2) is 0 Å². The summed E-state index contributed by atoms with van der Waals surface area (Å²) in [5.74, 6) is -0.392. The molecule has 98 valence electrons. The van der Waals surface area contributed by atoms with Gasteiger partial charge in [0.2, 0.25) is 5.91 Å². The summed E-state index contributed by atoms with van der Waals surface area (Å²) in [4.78, 5) is 22.1. The third-order valence-corrected chi connectivity index (χ3v) is 2.98. The quantitative estimate of drug-likeness (QED) is 0.493. The molecule has 0 aromatic carbocycles. The van der Waals surface area contributed by atoms with Gasteiger partial charge in [-0.2, -0.15) is 0 Å². The van der Waals surface area contributed by atoms with Gasteiger partial charge in [0, 0.05) is 19.6 Å². The average Bonchev–Trinajstić information content (AvgIpc) is 2.55. The van der Waals surface area contributed by atoms with Gasteiger partial charge in [-0.3, -0.25) is 4.79 Å². The molecule has 1 heterocycles. The highest BCUT2D eigenvalue weighted by atomic mass is 16.5. The van der Waals surface area contributed by atoms with Gasteiger partial charge in [0.25, 0.3) is 0 Å². The highest BCUT2D eigenvalue weighted by molar-refractivity contribution is 5.86. The van der Waals surface area contributed by atoms with Crippen molar-refractivity contribution >= 4 is 11.9 Å². The van der Waals surface area contributed by atoms with Crippen molar-refractivity contribution in [1.29, 1.82) is 0 Å². The zero-order valence-corrected chi connectivity index (χ0v) is 10.0. The number of carbonyl (C=O) groups is 2. The normalized spacial score (nSPS) is 29.7. The van der Waals surface area contributed by atoms with Crippen LogP contribution in [0.25, 0.3) is 0 Å². The molecule has 1 rings (SSSR count). The molecule has 0 bridgehead atoms. The van der Waals surface area contributed by atoms with Gasteiger partial charge in [-0.1, -0.05) is 0 Å². The topological polar surface area (TPSA) is 114 Å². The van der Waals surface area contributed by atoms with Crippen molar-refractivity contribution < 1.29 is 19.4 Å². The molecule has 0 saturated carbocycles. The van der Waals surface area contributed by atoms with Crippen LogP contribution in [-0.2, 0) is 9.53 Å². The van der Waals surface area contributed by atoms with Gasteiger partial charge < -0.3 is 26.2 Å². The minimum Gasteiger partial charge on any atom is -0.385 e.